The number of hydrogen-bond acceptors (Lipinski definition) is 4. The summed E-state index contributed by atoms with van der Waals surface area (Å²) in [6, 6.07) is 9.06. The zero-order valence-electron chi connectivity index (χ0n) is 14.0. The monoisotopic (exact) mass is 363 g/mol. The molecular formula is C18H18FNO4S. The first-order valence-electron chi connectivity index (χ1n) is 7.80. The number of aryl methyl sites for hydroxylation is 1. The Hall–Kier alpha value is -2.25. The van der Waals surface area contributed by atoms with Crippen molar-refractivity contribution in [1.29, 1.82) is 0 Å². The minimum Gasteiger partial charge on any atom is -0.496 e. The van der Waals surface area contributed by atoms with Gasteiger partial charge in [-0.25, -0.2) is 12.8 Å². The SMILES string of the molecule is COc1ccc(F)c2c1CN(S(=O)(=O)c1ccc(C)cc1)CCC2=O. The molecule has 3 rings (SSSR count). The van der Waals surface area contributed by atoms with Crippen molar-refractivity contribution in [2.75, 3.05) is 13.7 Å². The number of ether oxygens (including phenoxy) is 1. The molecule has 0 spiro atoms. The predicted molar refractivity (Wildman–Crippen MR) is 90.7 cm³/mol. The van der Waals surface area contributed by atoms with Gasteiger partial charge in [0.15, 0.2) is 5.78 Å². The van der Waals surface area contributed by atoms with Crippen molar-refractivity contribution in [2.45, 2.75) is 24.8 Å². The van der Waals surface area contributed by atoms with Gasteiger partial charge in [0.1, 0.15) is 11.6 Å². The number of methoxy groups -OCH3 is 1. The smallest absolute Gasteiger partial charge is 0.243 e. The normalized spacial score (nSPS) is 15.6. The Labute approximate surface area is 146 Å². The van der Waals surface area contributed by atoms with Crippen LogP contribution < -0.4 is 4.74 Å². The number of benzene rings is 2. The summed E-state index contributed by atoms with van der Waals surface area (Å²) < 4.78 is 46.4. The van der Waals surface area contributed by atoms with E-state index < -0.39 is 21.6 Å². The fourth-order valence-corrected chi connectivity index (χ4v) is 4.33. The molecule has 0 radical (unpaired) electrons. The van der Waals surface area contributed by atoms with E-state index >= 15 is 0 Å². The fraction of sp³-hybridized carbons (Fsp3) is 0.278. The molecule has 5 nitrogen and oxygen atoms in total. The third-order valence-corrected chi connectivity index (χ3v) is 6.16. The van der Waals surface area contributed by atoms with Crippen LogP contribution >= 0.6 is 0 Å². The van der Waals surface area contributed by atoms with Gasteiger partial charge in [0.05, 0.1) is 17.6 Å². The van der Waals surface area contributed by atoms with Gasteiger partial charge >= 0.3 is 0 Å². The number of nitrogens with zero attached hydrogens (tertiary/aromatic N) is 1. The quantitative estimate of drug-likeness (QED) is 0.841. The van der Waals surface area contributed by atoms with Gasteiger partial charge < -0.3 is 4.74 Å². The lowest BCUT2D eigenvalue weighted by Gasteiger charge is -2.21. The molecule has 2 aromatic rings. The summed E-state index contributed by atoms with van der Waals surface area (Å²) in [6.45, 7) is 1.75. The van der Waals surface area contributed by atoms with Gasteiger partial charge in [-0.15, -0.1) is 0 Å². The van der Waals surface area contributed by atoms with E-state index in [1.54, 1.807) is 12.1 Å². The number of hydrogen-bond donors (Lipinski definition) is 0. The topological polar surface area (TPSA) is 63.7 Å². The van der Waals surface area contributed by atoms with E-state index in [1.165, 1.54) is 35.7 Å². The van der Waals surface area contributed by atoms with Crippen molar-refractivity contribution >= 4 is 15.8 Å². The third-order valence-electron chi connectivity index (χ3n) is 4.30. The maximum atomic E-state index is 14.2. The van der Waals surface area contributed by atoms with E-state index in [0.717, 1.165) is 5.56 Å². The van der Waals surface area contributed by atoms with Gasteiger partial charge in [-0.05, 0) is 31.2 Å². The second-order valence-electron chi connectivity index (χ2n) is 5.93. The third kappa shape index (κ3) is 3.17. The molecule has 1 aliphatic heterocycles. The summed E-state index contributed by atoms with van der Waals surface area (Å²) in [5.74, 6) is -0.779. The second kappa shape index (κ2) is 6.57. The summed E-state index contributed by atoms with van der Waals surface area (Å²) in [7, 11) is -2.40. The van der Waals surface area contributed by atoms with Gasteiger partial charge in [0.25, 0.3) is 0 Å². The highest BCUT2D eigenvalue weighted by molar-refractivity contribution is 7.89. The Bertz CT molecular complexity index is 923. The molecule has 0 fully saturated rings. The van der Waals surface area contributed by atoms with Crippen molar-refractivity contribution < 1.29 is 22.3 Å². The van der Waals surface area contributed by atoms with Crippen molar-refractivity contribution in [2.24, 2.45) is 0 Å². The zero-order chi connectivity index (χ0) is 18.2. The summed E-state index contributed by atoms with van der Waals surface area (Å²) in [5.41, 5.74) is 1.13. The molecule has 0 aliphatic carbocycles. The van der Waals surface area contributed by atoms with Crippen molar-refractivity contribution in [1.82, 2.24) is 4.31 Å². The highest BCUT2D eigenvalue weighted by Crippen LogP contribution is 2.32. The van der Waals surface area contributed by atoms with Crippen molar-refractivity contribution in [3.8, 4) is 5.75 Å². The highest BCUT2D eigenvalue weighted by Gasteiger charge is 2.32. The van der Waals surface area contributed by atoms with Gasteiger partial charge in [0.2, 0.25) is 10.0 Å². The van der Waals surface area contributed by atoms with Crippen molar-refractivity contribution in [3.63, 3.8) is 0 Å². The molecule has 0 atom stereocenters. The number of rotatable bonds is 3. The molecule has 0 amide bonds. The lowest BCUT2D eigenvalue weighted by atomic mass is 10.0. The zero-order valence-corrected chi connectivity index (χ0v) is 14.8. The Kier molecular flexibility index (Phi) is 4.62. The van der Waals surface area contributed by atoms with Crippen LogP contribution in [-0.2, 0) is 16.6 Å². The molecule has 2 aromatic carbocycles. The summed E-state index contributed by atoms with van der Waals surface area (Å²) in [6.07, 6.45) is -0.0812. The van der Waals surface area contributed by atoms with E-state index in [2.05, 4.69) is 0 Å². The molecule has 0 unspecified atom stereocenters. The molecule has 7 heteroatoms. The largest absolute Gasteiger partial charge is 0.496 e. The summed E-state index contributed by atoms with van der Waals surface area (Å²) >= 11 is 0. The van der Waals surface area contributed by atoms with Crippen LogP contribution in [0.15, 0.2) is 41.3 Å². The van der Waals surface area contributed by atoms with Crippen LogP contribution in [0.4, 0.5) is 4.39 Å². The molecule has 0 bridgehead atoms. The molecule has 1 aliphatic rings. The first-order valence-corrected chi connectivity index (χ1v) is 9.24. The highest BCUT2D eigenvalue weighted by atomic mass is 32.2. The average molecular weight is 363 g/mol. The molecule has 25 heavy (non-hydrogen) atoms. The van der Waals surface area contributed by atoms with Crippen LogP contribution in [0, 0.1) is 12.7 Å². The average Bonchev–Trinajstić information content (AvgIpc) is 2.76. The fourth-order valence-electron chi connectivity index (χ4n) is 2.92. The van der Waals surface area contributed by atoms with Gasteiger partial charge in [-0.3, -0.25) is 4.79 Å². The van der Waals surface area contributed by atoms with E-state index in [-0.39, 0.29) is 35.5 Å². The molecule has 0 saturated carbocycles. The molecule has 1 heterocycles. The maximum absolute atomic E-state index is 14.2. The first kappa shape index (κ1) is 17.6. The lowest BCUT2D eigenvalue weighted by Crippen LogP contribution is -2.31. The van der Waals surface area contributed by atoms with Crippen LogP contribution in [0.5, 0.6) is 5.75 Å². The number of halogens is 1. The molecular weight excluding hydrogens is 345 g/mol. The van der Waals surface area contributed by atoms with Crippen molar-refractivity contribution in [3.05, 3.63) is 58.9 Å². The minimum atomic E-state index is -3.80. The van der Waals surface area contributed by atoms with Crippen LogP contribution in [0.25, 0.3) is 0 Å². The van der Waals surface area contributed by atoms with Crippen LogP contribution in [-0.4, -0.2) is 32.2 Å². The number of carbonyl (C=O) groups is 1. The first-order chi connectivity index (χ1) is 11.8. The van der Waals surface area contributed by atoms with E-state index in [9.17, 15) is 17.6 Å². The Morgan fingerprint density at radius 1 is 1.12 bits per heavy atom. The summed E-state index contributed by atoms with van der Waals surface area (Å²) in [5, 5.41) is 0. The van der Waals surface area contributed by atoms with Crippen LogP contribution in [0.3, 0.4) is 0 Å². The minimum absolute atomic E-state index is 0.00762. The maximum Gasteiger partial charge on any atom is 0.243 e. The van der Waals surface area contributed by atoms with Gasteiger partial charge in [-0.2, -0.15) is 4.31 Å². The number of carbonyl (C=O) groups excluding carboxylic acids is 1. The van der Waals surface area contributed by atoms with Crippen LogP contribution in [0.2, 0.25) is 0 Å². The Morgan fingerprint density at radius 3 is 2.44 bits per heavy atom. The number of ketones is 1. The molecule has 132 valence electrons. The number of fused-ring (bicyclic) bond motifs is 1. The lowest BCUT2D eigenvalue weighted by molar-refractivity contribution is 0.0977. The summed E-state index contributed by atoms with van der Waals surface area (Å²) in [4.78, 5) is 12.5. The second-order valence-corrected chi connectivity index (χ2v) is 7.87. The Morgan fingerprint density at radius 2 is 1.80 bits per heavy atom. The van der Waals surface area contributed by atoms with E-state index in [1.807, 2.05) is 6.92 Å². The number of Topliss-reactive ketones (excluding diaryl/α,β-unsaturated/α-hetero) is 1. The molecule has 0 saturated heterocycles. The van der Waals surface area contributed by atoms with Crippen LogP contribution in [0.1, 0.15) is 27.9 Å². The van der Waals surface area contributed by atoms with Gasteiger partial charge in [0, 0.05) is 25.1 Å². The molecule has 0 N–H and O–H groups in total. The molecule has 0 aromatic heterocycles. The standard InChI is InChI=1S/C18H18FNO4S/c1-12-3-5-13(6-4-12)25(22,23)20-10-9-16(21)18-14(11-20)17(24-2)8-7-15(18)19/h3-8H,9-11H2,1-2H3. The predicted octanol–water partition coefficient (Wildman–Crippen LogP) is 2.92. The Balaban J connectivity index is 2.08. The van der Waals surface area contributed by atoms with E-state index in [0.29, 0.717) is 5.75 Å². The van der Waals surface area contributed by atoms with Gasteiger partial charge in [-0.1, -0.05) is 17.7 Å². The van der Waals surface area contributed by atoms with E-state index in [4.69, 9.17) is 4.74 Å². The number of sulfonamides is 1.